The molecule has 3 aromatic carbocycles. The molecule has 3 heterocycles. The number of hydrogen-bond donors (Lipinski definition) is 2. The van der Waals surface area contributed by atoms with E-state index in [1.165, 1.54) is 44.5 Å². The Kier molecular flexibility index (Phi) is 7.96. The number of rotatable bonds is 9. The standard InChI is InChI=1S/C33H29FN4O7S/c1-35-32(40)29-23-17-22(20-9-12-26(43-3)24(16-20)33-36-31-27(45-33)6-5-13-37(31)2)25(38(14-15-39)46(4,41)42)18-28(23)44-30(29)19-7-10-21(34)11-8-19/h5-13,16-18,39H,14-15H2,1-4H3/p+1. The zero-order chi connectivity index (χ0) is 32.7. The number of aliphatic hydroxyl groups excluding tert-OH is 1. The lowest BCUT2D eigenvalue weighted by Gasteiger charge is -2.24. The van der Waals surface area contributed by atoms with Crippen LogP contribution in [0.1, 0.15) is 10.4 Å². The highest BCUT2D eigenvalue weighted by Crippen LogP contribution is 2.43. The normalized spacial score (nSPS) is 11.7. The topological polar surface area (TPSA) is 139 Å². The molecule has 0 fully saturated rings. The summed E-state index contributed by atoms with van der Waals surface area (Å²) < 4.78 is 60.7. The number of carbonyl (C=O) groups excluding carboxylic acids is 1. The number of halogens is 1. The molecular formula is C33H30FN4O7S+. The Balaban J connectivity index is 1.66. The van der Waals surface area contributed by atoms with E-state index in [4.69, 9.17) is 13.6 Å². The van der Waals surface area contributed by atoms with Crippen molar-refractivity contribution < 1.29 is 40.8 Å². The summed E-state index contributed by atoms with van der Waals surface area (Å²) in [5.74, 6) is 0.00848. The van der Waals surface area contributed by atoms with E-state index >= 15 is 0 Å². The van der Waals surface area contributed by atoms with Crippen LogP contribution in [0.15, 0.2) is 81.8 Å². The van der Waals surface area contributed by atoms with E-state index in [1.54, 1.807) is 30.3 Å². The van der Waals surface area contributed by atoms with Gasteiger partial charge in [-0.1, -0.05) is 6.07 Å². The number of sulfonamides is 1. The first-order valence-electron chi connectivity index (χ1n) is 14.1. The Morgan fingerprint density at radius 1 is 1.04 bits per heavy atom. The molecule has 2 N–H and O–H groups in total. The fraction of sp³-hybridized carbons (Fsp3) is 0.182. The molecular weight excluding hydrogens is 615 g/mol. The maximum Gasteiger partial charge on any atom is 0.370 e. The number of pyridine rings is 1. The fourth-order valence-corrected chi connectivity index (χ4v) is 6.38. The number of anilines is 1. The van der Waals surface area contributed by atoms with Crippen LogP contribution in [0.3, 0.4) is 0 Å². The Morgan fingerprint density at radius 3 is 2.43 bits per heavy atom. The molecule has 1 amide bonds. The number of nitrogens with zero attached hydrogens (tertiary/aromatic N) is 3. The summed E-state index contributed by atoms with van der Waals surface area (Å²) in [6, 6.07) is 17.5. The molecule has 0 aliphatic carbocycles. The third-order valence-electron chi connectivity index (χ3n) is 7.61. The van der Waals surface area contributed by atoms with Crippen molar-refractivity contribution >= 4 is 43.8 Å². The summed E-state index contributed by atoms with van der Waals surface area (Å²) in [5.41, 5.74) is 3.67. The zero-order valence-corrected chi connectivity index (χ0v) is 26.2. The van der Waals surface area contributed by atoms with Crippen LogP contribution in [0.4, 0.5) is 10.1 Å². The number of fused-ring (bicyclic) bond motifs is 2. The third kappa shape index (κ3) is 5.43. The van der Waals surface area contributed by atoms with Crippen molar-refractivity contribution in [2.45, 2.75) is 0 Å². The lowest BCUT2D eigenvalue weighted by Crippen LogP contribution is -2.33. The van der Waals surface area contributed by atoms with E-state index < -0.39 is 28.4 Å². The summed E-state index contributed by atoms with van der Waals surface area (Å²) in [5, 5.41) is 12.9. The second-order valence-corrected chi connectivity index (χ2v) is 12.5. The molecule has 6 rings (SSSR count). The van der Waals surface area contributed by atoms with E-state index in [1.807, 2.05) is 23.9 Å². The van der Waals surface area contributed by atoms with Crippen molar-refractivity contribution in [2.24, 2.45) is 7.05 Å². The molecule has 46 heavy (non-hydrogen) atoms. The molecule has 236 valence electrons. The number of methoxy groups -OCH3 is 1. The number of oxazole rings is 1. The van der Waals surface area contributed by atoms with Gasteiger partial charge in [-0.3, -0.25) is 9.10 Å². The summed E-state index contributed by atoms with van der Waals surface area (Å²) in [7, 11) is 0.939. The van der Waals surface area contributed by atoms with Gasteiger partial charge in [-0.25, -0.2) is 17.4 Å². The van der Waals surface area contributed by atoms with E-state index in [9.17, 15) is 22.7 Å². The number of nitrogens with one attached hydrogen (secondary N) is 1. The average molecular weight is 646 g/mol. The second kappa shape index (κ2) is 11.9. The van der Waals surface area contributed by atoms with Crippen molar-refractivity contribution in [1.82, 2.24) is 10.3 Å². The van der Waals surface area contributed by atoms with Gasteiger partial charge < -0.3 is 24.0 Å². The number of aromatic nitrogens is 2. The Hall–Kier alpha value is -5.27. The van der Waals surface area contributed by atoms with Gasteiger partial charge in [-0.2, -0.15) is 0 Å². The second-order valence-electron chi connectivity index (χ2n) is 10.6. The number of hydrogen-bond acceptors (Lipinski definition) is 8. The molecule has 0 aliphatic heterocycles. The summed E-state index contributed by atoms with van der Waals surface area (Å²) in [4.78, 5) is 18.0. The molecule has 0 aliphatic rings. The largest absolute Gasteiger partial charge is 0.496 e. The van der Waals surface area contributed by atoms with E-state index in [-0.39, 0.29) is 35.0 Å². The van der Waals surface area contributed by atoms with Crippen molar-refractivity contribution in [3.8, 4) is 39.7 Å². The average Bonchev–Trinajstić information content (AvgIpc) is 3.65. The Labute approximate surface area is 263 Å². The molecule has 0 saturated heterocycles. The lowest BCUT2D eigenvalue weighted by atomic mass is 9.97. The number of carbonyl (C=O) groups is 1. The monoisotopic (exact) mass is 645 g/mol. The fourth-order valence-electron chi connectivity index (χ4n) is 5.45. The van der Waals surface area contributed by atoms with Crippen molar-refractivity contribution in [3.05, 3.63) is 84.3 Å². The summed E-state index contributed by atoms with van der Waals surface area (Å²) in [6.45, 7) is -0.698. The highest BCUT2D eigenvalue weighted by molar-refractivity contribution is 7.92. The molecule has 0 saturated carbocycles. The Bertz CT molecular complexity index is 2230. The lowest BCUT2D eigenvalue weighted by molar-refractivity contribution is -0.646. The van der Waals surface area contributed by atoms with E-state index in [0.29, 0.717) is 44.6 Å². The van der Waals surface area contributed by atoms with Crippen LogP contribution in [-0.4, -0.2) is 58.0 Å². The highest BCUT2D eigenvalue weighted by atomic mass is 32.2. The van der Waals surface area contributed by atoms with Crippen molar-refractivity contribution in [3.63, 3.8) is 0 Å². The minimum Gasteiger partial charge on any atom is -0.496 e. The van der Waals surface area contributed by atoms with Crippen LogP contribution < -0.4 is 18.9 Å². The maximum atomic E-state index is 13.8. The first-order chi connectivity index (χ1) is 22.0. The van der Waals surface area contributed by atoms with Crippen LogP contribution in [0.25, 0.3) is 56.1 Å². The minimum atomic E-state index is -3.91. The molecule has 0 unspecified atom stereocenters. The van der Waals surface area contributed by atoms with Gasteiger partial charge in [-0.05, 0) is 60.2 Å². The van der Waals surface area contributed by atoms with Gasteiger partial charge in [-0.15, -0.1) is 0 Å². The van der Waals surface area contributed by atoms with Crippen molar-refractivity contribution in [1.29, 1.82) is 0 Å². The molecule has 0 spiro atoms. The molecule has 0 bridgehead atoms. The smallest absolute Gasteiger partial charge is 0.370 e. The number of benzene rings is 3. The van der Waals surface area contributed by atoms with Crippen LogP contribution in [0, 0.1) is 5.82 Å². The highest BCUT2D eigenvalue weighted by Gasteiger charge is 2.29. The number of ether oxygens (including phenoxy) is 1. The minimum absolute atomic E-state index is 0.181. The number of aryl methyl sites for hydroxylation is 1. The first-order valence-corrected chi connectivity index (χ1v) is 16.0. The molecule has 0 atom stereocenters. The predicted molar refractivity (Wildman–Crippen MR) is 170 cm³/mol. The van der Waals surface area contributed by atoms with Gasteiger partial charge in [0.2, 0.25) is 15.6 Å². The molecule has 6 aromatic rings. The summed E-state index contributed by atoms with van der Waals surface area (Å²) >= 11 is 0. The number of amides is 1. The van der Waals surface area contributed by atoms with Gasteiger partial charge in [0, 0.05) is 34.6 Å². The van der Waals surface area contributed by atoms with E-state index in [2.05, 4.69) is 10.3 Å². The summed E-state index contributed by atoms with van der Waals surface area (Å²) in [6.07, 6.45) is 2.89. The third-order valence-corrected chi connectivity index (χ3v) is 8.79. The van der Waals surface area contributed by atoms with Gasteiger partial charge >= 0.3 is 11.5 Å². The molecule has 0 radical (unpaired) electrons. The van der Waals surface area contributed by atoms with Crippen LogP contribution in [0.5, 0.6) is 5.75 Å². The Morgan fingerprint density at radius 2 is 1.78 bits per heavy atom. The predicted octanol–water partition coefficient (Wildman–Crippen LogP) is 4.67. The quantitative estimate of drug-likeness (QED) is 0.217. The maximum absolute atomic E-state index is 13.8. The van der Waals surface area contributed by atoms with Gasteiger partial charge in [0.15, 0.2) is 0 Å². The van der Waals surface area contributed by atoms with Gasteiger partial charge in [0.25, 0.3) is 5.91 Å². The molecule has 11 nitrogen and oxygen atoms in total. The molecule has 3 aromatic heterocycles. The zero-order valence-electron chi connectivity index (χ0n) is 25.4. The van der Waals surface area contributed by atoms with Crippen LogP contribution in [-0.2, 0) is 17.1 Å². The SMILES string of the molecule is CNC(=O)c1c(-c2ccc(F)cc2)oc2cc(N(CCO)S(C)(=O)=O)c(-c3ccc(OC)c(-c4nc5c(ccc[n+]5C)o4)c3)cc12. The van der Waals surface area contributed by atoms with Gasteiger partial charge in [0.1, 0.15) is 28.5 Å². The molecule has 13 heteroatoms. The first kappa shape index (κ1) is 30.7. The van der Waals surface area contributed by atoms with Gasteiger partial charge in [0.05, 0.1) is 51.0 Å². The van der Waals surface area contributed by atoms with Crippen LogP contribution >= 0.6 is 0 Å². The number of aliphatic hydroxyl groups is 1. The van der Waals surface area contributed by atoms with E-state index in [0.717, 1.165) is 10.6 Å². The van der Waals surface area contributed by atoms with Crippen molar-refractivity contribution in [2.75, 3.05) is 37.9 Å². The van der Waals surface area contributed by atoms with Crippen LogP contribution in [0.2, 0.25) is 0 Å². The number of furan rings is 1.